The molecule has 0 atom stereocenters. The van der Waals surface area contributed by atoms with Gasteiger partial charge in [-0.1, -0.05) is 178 Å². The van der Waals surface area contributed by atoms with Crippen LogP contribution in [0.2, 0.25) is 0 Å². The highest BCUT2D eigenvalue weighted by Gasteiger charge is 2.43. The molecule has 4 heteroatoms. The Morgan fingerprint density at radius 1 is 0.383 bits per heavy atom. The lowest BCUT2D eigenvalue weighted by Gasteiger charge is -2.35. The highest BCUT2D eigenvalue weighted by Crippen LogP contribution is 2.57. The van der Waals surface area contributed by atoms with E-state index in [0.717, 1.165) is 33.2 Å². The molecule has 0 aliphatic heterocycles. The first-order valence-electron chi connectivity index (χ1n) is 22.4. The molecule has 0 N–H and O–H groups in total. The van der Waals surface area contributed by atoms with E-state index >= 15 is 0 Å². The van der Waals surface area contributed by atoms with Crippen LogP contribution in [0.1, 0.15) is 133 Å². The molecule has 6 aromatic rings. The fourth-order valence-corrected chi connectivity index (χ4v) is 9.82. The van der Waals surface area contributed by atoms with Gasteiger partial charge >= 0.3 is 0 Å². The van der Waals surface area contributed by atoms with Crippen LogP contribution in [0, 0.1) is 13.8 Å². The molecule has 0 bridgehead atoms. The van der Waals surface area contributed by atoms with Crippen LogP contribution in [0.3, 0.4) is 0 Å². The van der Waals surface area contributed by atoms with Crippen LogP contribution in [-0.4, -0.2) is 0 Å². The highest BCUT2D eigenvalue weighted by molar-refractivity contribution is 9.10. The standard InChI is InChI=1S/C55H62Br2N2.CH4/c1-5-7-9-11-13-15-37-55(38-16-14-12-10-8-6-2)53-39-49(58(45-25-17-41(3)18-26-45)47-29-21-43(56)22-30-47)33-35-51(53)52-36-34-50(40-54(52)55)59(46-27-19-42(4)20-28-46)48-31-23-44(57)24-32-48;/h17-36,39-40H,5-16,37-38H2,1-4H3;1H4. The van der Waals surface area contributed by atoms with Gasteiger partial charge in [0, 0.05) is 48.5 Å². The lowest BCUT2D eigenvalue weighted by Crippen LogP contribution is -2.26. The van der Waals surface area contributed by atoms with Gasteiger partial charge in [0.05, 0.1) is 0 Å². The molecule has 0 saturated heterocycles. The molecule has 0 spiro atoms. The van der Waals surface area contributed by atoms with E-state index in [1.54, 1.807) is 0 Å². The first-order chi connectivity index (χ1) is 28.8. The minimum Gasteiger partial charge on any atom is -0.310 e. The SMILES string of the molecule is C.CCCCCCCCC1(CCCCCCCC)c2cc(N(c3ccc(C)cc3)c3ccc(Br)cc3)ccc2-c2ccc(N(c3ccc(C)cc3)c3ccc(Br)cc3)cc21. The number of hydrogen-bond acceptors (Lipinski definition) is 2. The summed E-state index contributed by atoms with van der Waals surface area (Å²) in [5.74, 6) is 0. The third-order valence-electron chi connectivity index (χ3n) is 12.5. The normalized spacial score (nSPS) is 12.4. The van der Waals surface area contributed by atoms with Crippen LogP contribution in [-0.2, 0) is 5.41 Å². The number of rotatable bonds is 20. The number of anilines is 6. The average molecular weight is 927 g/mol. The summed E-state index contributed by atoms with van der Waals surface area (Å²) in [5.41, 5.74) is 15.4. The summed E-state index contributed by atoms with van der Waals surface area (Å²) in [6.07, 6.45) is 17.9. The zero-order valence-corrected chi connectivity index (χ0v) is 38.9. The van der Waals surface area contributed by atoms with Gasteiger partial charge in [-0.3, -0.25) is 0 Å². The summed E-state index contributed by atoms with van der Waals surface area (Å²) >= 11 is 7.41. The molecule has 314 valence electrons. The molecule has 0 heterocycles. The molecule has 0 unspecified atom stereocenters. The van der Waals surface area contributed by atoms with Crippen molar-refractivity contribution >= 4 is 66.0 Å². The molecule has 0 aromatic heterocycles. The molecule has 0 radical (unpaired) electrons. The first-order valence-corrected chi connectivity index (χ1v) is 23.9. The third kappa shape index (κ3) is 10.5. The fourth-order valence-electron chi connectivity index (χ4n) is 9.29. The maximum absolute atomic E-state index is 3.70. The van der Waals surface area contributed by atoms with E-state index < -0.39 is 0 Å². The number of benzene rings is 6. The fraction of sp³-hybridized carbons (Fsp3) is 0.357. The zero-order chi connectivity index (χ0) is 41.2. The second-order valence-corrected chi connectivity index (χ2v) is 18.7. The summed E-state index contributed by atoms with van der Waals surface area (Å²) < 4.78 is 2.18. The second kappa shape index (κ2) is 21.6. The van der Waals surface area contributed by atoms with Gasteiger partial charge in [0.15, 0.2) is 0 Å². The largest absolute Gasteiger partial charge is 0.310 e. The van der Waals surface area contributed by atoms with E-state index in [9.17, 15) is 0 Å². The monoisotopic (exact) mass is 924 g/mol. The van der Waals surface area contributed by atoms with Gasteiger partial charge in [-0.15, -0.1) is 0 Å². The molecular formula is C56H66Br2N2. The van der Waals surface area contributed by atoms with Crippen molar-refractivity contribution in [1.29, 1.82) is 0 Å². The molecule has 7 rings (SSSR count). The number of nitrogens with zero attached hydrogens (tertiary/aromatic N) is 2. The van der Waals surface area contributed by atoms with Gasteiger partial charge in [0.1, 0.15) is 0 Å². The average Bonchev–Trinajstić information content (AvgIpc) is 3.51. The van der Waals surface area contributed by atoms with Crippen LogP contribution >= 0.6 is 31.9 Å². The minimum atomic E-state index is -0.0937. The van der Waals surface area contributed by atoms with E-state index in [-0.39, 0.29) is 12.8 Å². The Bertz CT molecular complexity index is 1990. The number of unbranched alkanes of at least 4 members (excludes halogenated alkanes) is 10. The zero-order valence-electron chi connectivity index (χ0n) is 35.8. The van der Waals surface area contributed by atoms with Crippen LogP contribution < -0.4 is 9.80 Å². The molecule has 0 fully saturated rings. The quantitative estimate of drug-likeness (QED) is 0.0704. The Balaban J connectivity index is 0.00000604. The lowest BCUT2D eigenvalue weighted by atomic mass is 9.70. The van der Waals surface area contributed by atoms with Crippen molar-refractivity contribution in [1.82, 2.24) is 0 Å². The van der Waals surface area contributed by atoms with Crippen molar-refractivity contribution in [3.63, 3.8) is 0 Å². The summed E-state index contributed by atoms with van der Waals surface area (Å²) in [6, 6.07) is 50.4. The Labute approximate surface area is 379 Å². The Morgan fingerprint density at radius 2 is 0.683 bits per heavy atom. The first kappa shape index (κ1) is 45.4. The molecular weight excluding hydrogens is 860 g/mol. The highest BCUT2D eigenvalue weighted by atomic mass is 79.9. The van der Waals surface area contributed by atoms with E-state index in [2.05, 4.69) is 203 Å². The lowest BCUT2D eigenvalue weighted by molar-refractivity contribution is 0.398. The van der Waals surface area contributed by atoms with Crippen LogP contribution in [0.4, 0.5) is 34.1 Å². The summed E-state index contributed by atoms with van der Waals surface area (Å²) in [5, 5.41) is 0. The van der Waals surface area contributed by atoms with Crippen LogP contribution in [0.15, 0.2) is 142 Å². The predicted octanol–water partition coefficient (Wildman–Crippen LogP) is 19.2. The summed E-state index contributed by atoms with van der Waals surface area (Å²) in [7, 11) is 0. The van der Waals surface area contributed by atoms with Crippen molar-refractivity contribution in [2.24, 2.45) is 0 Å². The van der Waals surface area contributed by atoms with Crippen molar-refractivity contribution < 1.29 is 0 Å². The van der Waals surface area contributed by atoms with Crippen molar-refractivity contribution in [3.05, 3.63) is 165 Å². The van der Waals surface area contributed by atoms with Gasteiger partial charge in [-0.05, 0) is 146 Å². The maximum Gasteiger partial charge on any atom is 0.0465 e. The van der Waals surface area contributed by atoms with E-state index in [1.165, 1.54) is 133 Å². The number of halogens is 2. The van der Waals surface area contributed by atoms with Crippen LogP contribution in [0.5, 0.6) is 0 Å². The third-order valence-corrected chi connectivity index (χ3v) is 13.6. The Kier molecular flexibility index (Phi) is 16.3. The van der Waals surface area contributed by atoms with Crippen molar-refractivity contribution in [2.75, 3.05) is 9.80 Å². The molecule has 1 aliphatic rings. The predicted molar refractivity (Wildman–Crippen MR) is 270 cm³/mol. The van der Waals surface area contributed by atoms with E-state index in [1.807, 2.05) is 0 Å². The van der Waals surface area contributed by atoms with Gasteiger partial charge in [-0.2, -0.15) is 0 Å². The smallest absolute Gasteiger partial charge is 0.0465 e. The molecule has 0 saturated carbocycles. The maximum atomic E-state index is 3.70. The molecule has 0 amide bonds. The molecule has 60 heavy (non-hydrogen) atoms. The van der Waals surface area contributed by atoms with Crippen LogP contribution in [0.25, 0.3) is 11.1 Å². The second-order valence-electron chi connectivity index (χ2n) is 16.9. The van der Waals surface area contributed by atoms with E-state index in [4.69, 9.17) is 0 Å². The number of hydrogen-bond donors (Lipinski definition) is 0. The summed E-state index contributed by atoms with van der Waals surface area (Å²) in [4.78, 5) is 4.90. The van der Waals surface area contributed by atoms with Crippen molar-refractivity contribution in [2.45, 2.75) is 130 Å². The summed E-state index contributed by atoms with van der Waals surface area (Å²) in [6.45, 7) is 8.98. The number of aryl methyl sites for hydroxylation is 2. The Hall–Kier alpha value is -4.12. The molecule has 1 aliphatic carbocycles. The minimum absolute atomic E-state index is 0. The van der Waals surface area contributed by atoms with E-state index in [0.29, 0.717) is 0 Å². The molecule has 6 aromatic carbocycles. The Morgan fingerprint density at radius 3 is 1.03 bits per heavy atom. The van der Waals surface area contributed by atoms with Gasteiger partial charge in [-0.25, -0.2) is 0 Å². The van der Waals surface area contributed by atoms with Gasteiger partial charge < -0.3 is 9.80 Å². The van der Waals surface area contributed by atoms with Crippen molar-refractivity contribution in [3.8, 4) is 11.1 Å². The topological polar surface area (TPSA) is 6.48 Å². The number of fused-ring (bicyclic) bond motifs is 3. The van der Waals surface area contributed by atoms with Gasteiger partial charge in [0.25, 0.3) is 0 Å². The molecule has 2 nitrogen and oxygen atoms in total. The van der Waals surface area contributed by atoms with Gasteiger partial charge in [0.2, 0.25) is 0 Å².